The number of hydrogen-bond acceptors (Lipinski definition) is 5. The lowest BCUT2D eigenvalue weighted by Crippen LogP contribution is -2.42. The first kappa shape index (κ1) is 9.86. The molecule has 1 fully saturated rings. The highest BCUT2D eigenvalue weighted by Gasteiger charge is 2.25. The Kier molecular flexibility index (Phi) is 2.98. The molecule has 2 heterocycles. The normalized spacial score (nSPS) is 28.0. The van der Waals surface area contributed by atoms with Gasteiger partial charge in [-0.25, -0.2) is 4.98 Å². The molecule has 0 saturated carbocycles. The van der Waals surface area contributed by atoms with E-state index in [-0.39, 0.29) is 0 Å². The van der Waals surface area contributed by atoms with Crippen molar-refractivity contribution in [3.05, 3.63) is 6.33 Å². The Balaban J connectivity index is 2.05. The molecule has 0 spiro atoms. The molecule has 0 bridgehead atoms. The molecule has 5 heteroatoms. The van der Waals surface area contributed by atoms with E-state index in [1.807, 2.05) is 0 Å². The molecule has 0 radical (unpaired) electrons. The Morgan fingerprint density at radius 3 is 3.14 bits per heavy atom. The van der Waals surface area contributed by atoms with E-state index in [2.05, 4.69) is 21.2 Å². The summed E-state index contributed by atoms with van der Waals surface area (Å²) in [5, 5.41) is 1.04. The maximum atomic E-state index is 5.72. The van der Waals surface area contributed by atoms with Crippen molar-refractivity contribution >= 4 is 16.7 Å². The van der Waals surface area contributed by atoms with Gasteiger partial charge in [-0.1, -0.05) is 6.92 Å². The van der Waals surface area contributed by atoms with E-state index in [9.17, 15) is 0 Å². The minimum atomic E-state index is 0.614. The molecule has 4 nitrogen and oxygen atoms in total. The molecule has 14 heavy (non-hydrogen) atoms. The van der Waals surface area contributed by atoms with Crippen LogP contribution in [0.15, 0.2) is 6.33 Å². The predicted octanol–water partition coefficient (Wildman–Crippen LogP) is 0.959. The van der Waals surface area contributed by atoms with Crippen molar-refractivity contribution in [1.82, 2.24) is 9.36 Å². The van der Waals surface area contributed by atoms with Gasteiger partial charge in [-0.05, 0) is 24.8 Å². The fraction of sp³-hybridized carbons (Fsp3) is 0.778. The van der Waals surface area contributed by atoms with Gasteiger partial charge in [0.25, 0.3) is 0 Å². The topological polar surface area (TPSA) is 55.0 Å². The Bertz CT molecular complexity index is 274. The highest BCUT2D eigenvalue weighted by molar-refractivity contribution is 7.09. The third-order valence-electron chi connectivity index (χ3n) is 2.70. The molecule has 1 saturated heterocycles. The van der Waals surface area contributed by atoms with Crippen molar-refractivity contribution in [1.29, 1.82) is 0 Å². The minimum Gasteiger partial charge on any atom is -0.346 e. The van der Waals surface area contributed by atoms with Crippen molar-refractivity contribution < 1.29 is 0 Å². The van der Waals surface area contributed by atoms with E-state index in [1.165, 1.54) is 18.0 Å². The predicted molar refractivity (Wildman–Crippen MR) is 58.4 cm³/mol. The van der Waals surface area contributed by atoms with Gasteiger partial charge in [-0.2, -0.15) is 4.37 Å². The summed E-state index contributed by atoms with van der Waals surface area (Å²) in [6.07, 6.45) is 2.86. The van der Waals surface area contributed by atoms with Gasteiger partial charge in [-0.3, -0.25) is 0 Å². The van der Waals surface area contributed by atoms with Gasteiger partial charge in [-0.15, -0.1) is 0 Å². The summed E-state index contributed by atoms with van der Waals surface area (Å²) in [6.45, 7) is 5.18. The molecule has 0 amide bonds. The molecule has 78 valence electrons. The highest BCUT2D eigenvalue weighted by atomic mass is 32.1. The van der Waals surface area contributed by atoms with Crippen LogP contribution < -0.4 is 10.6 Å². The van der Waals surface area contributed by atoms with Crippen LogP contribution in [-0.2, 0) is 0 Å². The Hall–Kier alpha value is -0.680. The molecule has 1 aromatic heterocycles. The van der Waals surface area contributed by atoms with E-state index in [1.54, 1.807) is 6.33 Å². The zero-order chi connectivity index (χ0) is 9.97. The lowest BCUT2D eigenvalue weighted by Gasteiger charge is -2.35. The van der Waals surface area contributed by atoms with E-state index < -0.39 is 0 Å². The van der Waals surface area contributed by atoms with Crippen LogP contribution in [0.25, 0.3) is 0 Å². The number of rotatable bonds is 2. The molecule has 2 atom stereocenters. The molecular weight excluding hydrogens is 196 g/mol. The average molecular weight is 212 g/mol. The van der Waals surface area contributed by atoms with Crippen LogP contribution >= 0.6 is 11.5 Å². The van der Waals surface area contributed by atoms with Gasteiger partial charge in [0.05, 0.1) is 0 Å². The summed E-state index contributed by atoms with van der Waals surface area (Å²) in [5.74, 6) is 1.32. The molecule has 1 aliphatic heterocycles. The monoisotopic (exact) mass is 212 g/mol. The first-order valence-corrected chi connectivity index (χ1v) is 5.78. The summed E-state index contributed by atoms with van der Waals surface area (Å²) in [5.41, 5.74) is 5.72. The van der Waals surface area contributed by atoms with Crippen LogP contribution in [-0.4, -0.2) is 29.0 Å². The number of nitrogens with zero attached hydrogens (tertiary/aromatic N) is 3. The van der Waals surface area contributed by atoms with Crippen LogP contribution in [0.1, 0.15) is 13.3 Å². The molecule has 1 aromatic rings. The minimum absolute atomic E-state index is 0.614. The van der Waals surface area contributed by atoms with Gasteiger partial charge in [0.1, 0.15) is 6.33 Å². The lowest BCUT2D eigenvalue weighted by molar-refractivity contribution is 0.342. The molecule has 2 N–H and O–H groups in total. The van der Waals surface area contributed by atoms with Gasteiger partial charge in [0.2, 0.25) is 5.13 Å². The maximum Gasteiger partial charge on any atom is 0.204 e. The molecule has 2 rings (SSSR count). The standard InChI is InChI=1S/C9H16N4S/c1-7-2-8(3-10)5-13(4-7)9-11-6-12-14-9/h6-8H,2-5,10H2,1H3. The lowest BCUT2D eigenvalue weighted by atomic mass is 9.91. The van der Waals surface area contributed by atoms with Crippen LogP contribution in [0.4, 0.5) is 5.13 Å². The van der Waals surface area contributed by atoms with Crippen molar-refractivity contribution in [3.8, 4) is 0 Å². The SMILES string of the molecule is CC1CC(CN)CN(c2ncns2)C1. The summed E-state index contributed by atoms with van der Waals surface area (Å²) in [6, 6.07) is 0. The van der Waals surface area contributed by atoms with Gasteiger partial charge in [0.15, 0.2) is 0 Å². The van der Waals surface area contributed by atoms with Crippen molar-refractivity contribution in [2.45, 2.75) is 13.3 Å². The van der Waals surface area contributed by atoms with Crippen molar-refractivity contribution in [3.63, 3.8) is 0 Å². The zero-order valence-corrected chi connectivity index (χ0v) is 9.20. The second-order valence-corrected chi connectivity index (χ2v) is 4.83. The quantitative estimate of drug-likeness (QED) is 0.793. The van der Waals surface area contributed by atoms with Gasteiger partial charge < -0.3 is 10.6 Å². The summed E-state index contributed by atoms with van der Waals surface area (Å²) >= 11 is 1.47. The third kappa shape index (κ3) is 2.04. The molecule has 1 aliphatic rings. The number of hydrogen-bond donors (Lipinski definition) is 1. The number of piperidine rings is 1. The Morgan fingerprint density at radius 1 is 1.64 bits per heavy atom. The molecule has 0 aromatic carbocycles. The highest BCUT2D eigenvalue weighted by Crippen LogP contribution is 2.26. The number of aromatic nitrogens is 2. The van der Waals surface area contributed by atoms with E-state index >= 15 is 0 Å². The van der Waals surface area contributed by atoms with Crippen LogP contribution in [0.3, 0.4) is 0 Å². The third-order valence-corrected chi connectivity index (χ3v) is 3.43. The summed E-state index contributed by atoms with van der Waals surface area (Å²) in [7, 11) is 0. The second kappa shape index (κ2) is 4.23. The molecule has 0 aliphatic carbocycles. The van der Waals surface area contributed by atoms with Crippen molar-refractivity contribution in [2.75, 3.05) is 24.5 Å². The summed E-state index contributed by atoms with van der Waals surface area (Å²) < 4.78 is 4.03. The van der Waals surface area contributed by atoms with Crippen molar-refractivity contribution in [2.24, 2.45) is 17.6 Å². The van der Waals surface area contributed by atoms with Gasteiger partial charge >= 0.3 is 0 Å². The average Bonchev–Trinajstić information content (AvgIpc) is 2.69. The number of nitrogens with two attached hydrogens (primary N) is 1. The zero-order valence-electron chi connectivity index (χ0n) is 8.39. The largest absolute Gasteiger partial charge is 0.346 e. The first-order valence-electron chi connectivity index (χ1n) is 5.01. The van der Waals surface area contributed by atoms with E-state index in [0.29, 0.717) is 11.8 Å². The van der Waals surface area contributed by atoms with E-state index in [4.69, 9.17) is 5.73 Å². The van der Waals surface area contributed by atoms with E-state index in [0.717, 1.165) is 24.8 Å². The maximum absolute atomic E-state index is 5.72. The summed E-state index contributed by atoms with van der Waals surface area (Å²) in [4.78, 5) is 6.54. The second-order valence-electron chi connectivity index (χ2n) is 4.07. The fourth-order valence-electron chi connectivity index (χ4n) is 2.11. The first-order chi connectivity index (χ1) is 6.79. The molecule has 2 unspecified atom stereocenters. The Labute approximate surface area is 88.3 Å². The fourth-order valence-corrected chi connectivity index (χ4v) is 2.66. The number of anilines is 1. The van der Waals surface area contributed by atoms with Crippen LogP contribution in [0, 0.1) is 11.8 Å². The smallest absolute Gasteiger partial charge is 0.204 e. The molecular formula is C9H16N4S. The Morgan fingerprint density at radius 2 is 2.50 bits per heavy atom. The van der Waals surface area contributed by atoms with Crippen LogP contribution in [0.2, 0.25) is 0 Å². The van der Waals surface area contributed by atoms with Crippen LogP contribution in [0.5, 0.6) is 0 Å². The van der Waals surface area contributed by atoms with Gasteiger partial charge in [0, 0.05) is 24.6 Å².